The Morgan fingerprint density at radius 2 is 1.76 bits per heavy atom. The summed E-state index contributed by atoms with van der Waals surface area (Å²) in [4.78, 5) is 11.8. The van der Waals surface area contributed by atoms with E-state index in [1.54, 1.807) is 12.1 Å². The Morgan fingerprint density at radius 3 is 2.24 bits per heavy atom. The smallest absolute Gasteiger partial charge is 0.255 e. The first-order valence-corrected chi connectivity index (χ1v) is 5.26. The molecule has 0 heterocycles. The van der Waals surface area contributed by atoms with Gasteiger partial charge in [0.05, 0.1) is 26.9 Å². The maximum atomic E-state index is 11.8. The van der Waals surface area contributed by atoms with Gasteiger partial charge in [-0.05, 0) is 19.1 Å². The normalized spacial score (nSPS) is 9.65. The Hall–Kier alpha value is -1.91. The van der Waals surface area contributed by atoms with Crippen molar-refractivity contribution in [1.29, 1.82) is 0 Å². The van der Waals surface area contributed by atoms with Gasteiger partial charge in [-0.1, -0.05) is 0 Å². The fourth-order valence-electron chi connectivity index (χ4n) is 1.54. The molecule has 0 bridgehead atoms. The van der Waals surface area contributed by atoms with Gasteiger partial charge in [-0.3, -0.25) is 4.79 Å². The summed E-state index contributed by atoms with van der Waals surface area (Å²) in [6.07, 6.45) is 0. The fourth-order valence-corrected chi connectivity index (χ4v) is 1.54. The molecular formula is C12H17NO4. The van der Waals surface area contributed by atoms with Crippen LogP contribution in [-0.4, -0.2) is 33.8 Å². The van der Waals surface area contributed by atoms with Crippen molar-refractivity contribution in [2.24, 2.45) is 0 Å². The standard InChI is InChI=1S/C12H17NO4/c1-5-13-12(14)8-6-7-9(15-2)11(17-4)10(8)16-3/h6-7H,5H2,1-4H3,(H,13,14). The van der Waals surface area contributed by atoms with Crippen molar-refractivity contribution in [3.05, 3.63) is 17.7 Å². The van der Waals surface area contributed by atoms with Crippen LogP contribution in [0.5, 0.6) is 17.2 Å². The Balaban J connectivity index is 3.27. The third-order valence-corrected chi connectivity index (χ3v) is 2.29. The summed E-state index contributed by atoms with van der Waals surface area (Å²) < 4.78 is 15.5. The van der Waals surface area contributed by atoms with Crippen LogP contribution in [-0.2, 0) is 0 Å². The van der Waals surface area contributed by atoms with Gasteiger partial charge in [-0.2, -0.15) is 0 Å². The second-order valence-corrected chi connectivity index (χ2v) is 3.24. The number of hydrogen-bond acceptors (Lipinski definition) is 4. The highest BCUT2D eigenvalue weighted by atomic mass is 16.5. The minimum absolute atomic E-state index is 0.203. The van der Waals surface area contributed by atoms with E-state index >= 15 is 0 Å². The first-order chi connectivity index (χ1) is 8.19. The highest BCUT2D eigenvalue weighted by molar-refractivity contribution is 5.98. The first kappa shape index (κ1) is 13.2. The van der Waals surface area contributed by atoms with Gasteiger partial charge >= 0.3 is 0 Å². The summed E-state index contributed by atoms with van der Waals surface area (Å²) in [6, 6.07) is 3.32. The Kier molecular flexibility index (Phi) is 4.63. The molecule has 0 atom stereocenters. The Morgan fingerprint density at radius 1 is 1.12 bits per heavy atom. The van der Waals surface area contributed by atoms with Crippen molar-refractivity contribution in [2.45, 2.75) is 6.92 Å². The molecule has 0 aliphatic heterocycles. The number of carbonyl (C=O) groups excluding carboxylic acids is 1. The van der Waals surface area contributed by atoms with Crippen LogP contribution in [0.3, 0.4) is 0 Å². The van der Waals surface area contributed by atoms with E-state index in [9.17, 15) is 4.79 Å². The minimum atomic E-state index is -0.203. The zero-order chi connectivity index (χ0) is 12.8. The largest absolute Gasteiger partial charge is 0.493 e. The average Bonchev–Trinajstić information content (AvgIpc) is 2.36. The van der Waals surface area contributed by atoms with Crippen LogP contribution in [0.15, 0.2) is 12.1 Å². The van der Waals surface area contributed by atoms with Gasteiger partial charge < -0.3 is 19.5 Å². The second-order valence-electron chi connectivity index (χ2n) is 3.24. The summed E-state index contributed by atoms with van der Waals surface area (Å²) in [6.45, 7) is 2.40. The molecule has 0 aliphatic rings. The molecule has 0 aromatic heterocycles. The molecule has 1 amide bonds. The molecule has 0 radical (unpaired) electrons. The molecule has 5 heteroatoms. The molecular weight excluding hydrogens is 222 g/mol. The van der Waals surface area contributed by atoms with E-state index in [1.165, 1.54) is 21.3 Å². The van der Waals surface area contributed by atoms with Crippen molar-refractivity contribution in [3.8, 4) is 17.2 Å². The number of carbonyl (C=O) groups is 1. The van der Waals surface area contributed by atoms with Gasteiger partial charge in [-0.15, -0.1) is 0 Å². The molecule has 1 rings (SSSR count). The quantitative estimate of drug-likeness (QED) is 0.845. The van der Waals surface area contributed by atoms with E-state index in [-0.39, 0.29) is 5.91 Å². The Labute approximate surface area is 101 Å². The molecule has 0 unspecified atom stereocenters. The first-order valence-electron chi connectivity index (χ1n) is 5.26. The molecule has 94 valence electrons. The zero-order valence-corrected chi connectivity index (χ0v) is 10.5. The van der Waals surface area contributed by atoms with E-state index in [0.29, 0.717) is 29.4 Å². The van der Waals surface area contributed by atoms with Crippen LogP contribution in [0.4, 0.5) is 0 Å². The molecule has 17 heavy (non-hydrogen) atoms. The predicted molar refractivity (Wildman–Crippen MR) is 64.1 cm³/mol. The van der Waals surface area contributed by atoms with Gasteiger partial charge in [0.2, 0.25) is 5.75 Å². The molecule has 0 saturated heterocycles. The third kappa shape index (κ3) is 2.61. The lowest BCUT2D eigenvalue weighted by Crippen LogP contribution is -2.23. The van der Waals surface area contributed by atoms with Crippen LogP contribution < -0.4 is 19.5 Å². The second kappa shape index (κ2) is 5.98. The maximum absolute atomic E-state index is 11.8. The monoisotopic (exact) mass is 239 g/mol. The Bertz CT molecular complexity index is 404. The summed E-state index contributed by atoms with van der Waals surface area (Å²) in [5.41, 5.74) is 0.423. The van der Waals surface area contributed by atoms with E-state index in [2.05, 4.69) is 5.32 Å². The zero-order valence-electron chi connectivity index (χ0n) is 10.5. The van der Waals surface area contributed by atoms with Crippen LogP contribution in [0, 0.1) is 0 Å². The van der Waals surface area contributed by atoms with Crippen molar-refractivity contribution >= 4 is 5.91 Å². The molecule has 0 aliphatic carbocycles. The van der Waals surface area contributed by atoms with Crippen molar-refractivity contribution in [3.63, 3.8) is 0 Å². The summed E-state index contributed by atoms with van der Waals surface area (Å²) in [5.74, 6) is 1.11. The lowest BCUT2D eigenvalue weighted by molar-refractivity contribution is 0.0952. The molecule has 0 fully saturated rings. The molecule has 1 aromatic carbocycles. The SMILES string of the molecule is CCNC(=O)c1ccc(OC)c(OC)c1OC. The van der Waals surface area contributed by atoms with Crippen molar-refractivity contribution < 1.29 is 19.0 Å². The van der Waals surface area contributed by atoms with Crippen LogP contribution in [0.25, 0.3) is 0 Å². The van der Waals surface area contributed by atoms with Gasteiger partial charge in [0.1, 0.15) is 0 Å². The number of nitrogens with one attached hydrogen (secondary N) is 1. The number of amides is 1. The topological polar surface area (TPSA) is 56.8 Å². The molecule has 1 N–H and O–H groups in total. The van der Waals surface area contributed by atoms with Gasteiger partial charge in [0, 0.05) is 6.54 Å². The van der Waals surface area contributed by atoms with Crippen LogP contribution in [0.1, 0.15) is 17.3 Å². The third-order valence-electron chi connectivity index (χ3n) is 2.29. The van der Waals surface area contributed by atoms with Gasteiger partial charge in [0.25, 0.3) is 5.91 Å². The summed E-state index contributed by atoms with van der Waals surface area (Å²) in [7, 11) is 4.52. The van der Waals surface area contributed by atoms with Crippen molar-refractivity contribution in [2.75, 3.05) is 27.9 Å². The molecule has 0 spiro atoms. The van der Waals surface area contributed by atoms with E-state index in [4.69, 9.17) is 14.2 Å². The lowest BCUT2D eigenvalue weighted by atomic mass is 10.1. The number of benzene rings is 1. The summed E-state index contributed by atoms with van der Waals surface area (Å²) >= 11 is 0. The lowest BCUT2D eigenvalue weighted by Gasteiger charge is -2.15. The van der Waals surface area contributed by atoms with Crippen LogP contribution >= 0.6 is 0 Å². The number of ether oxygens (including phenoxy) is 3. The van der Waals surface area contributed by atoms with Crippen LogP contribution in [0.2, 0.25) is 0 Å². The molecule has 5 nitrogen and oxygen atoms in total. The van der Waals surface area contributed by atoms with E-state index in [1.807, 2.05) is 6.92 Å². The molecule has 0 saturated carbocycles. The number of hydrogen-bond donors (Lipinski definition) is 1. The van der Waals surface area contributed by atoms with Gasteiger partial charge in [0.15, 0.2) is 11.5 Å². The fraction of sp³-hybridized carbons (Fsp3) is 0.417. The molecule has 1 aromatic rings. The average molecular weight is 239 g/mol. The van der Waals surface area contributed by atoms with E-state index in [0.717, 1.165) is 0 Å². The maximum Gasteiger partial charge on any atom is 0.255 e. The van der Waals surface area contributed by atoms with E-state index < -0.39 is 0 Å². The minimum Gasteiger partial charge on any atom is -0.493 e. The number of methoxy groups -OCH3 is 3. The highest BCUT2D eigenvalue weighted by Gasteiger charge is 2.19. The number of rotatable bonds is 5. The summed E-state index contributed by atoms with van der Waals surface area (Å²) in [5, 5.41) is 2.71. The highest BCUT2D eigenvalue weighted by Crippen LogP contribution is 2.39. The van der Waals surface area contributed by atoms with Crippen molar-refractivity contribution in [1.82, 2.24) is 5.32 Å². The predicted octanol–water partition coefficient (Wildman–Crippen LogP) is 1.46. The van der Waals surface area contributed by atoms with Gasteiger partial charge in [-0.25, -0.2) is 0 Å².